The van der Waals surface area contributed by atoms with Crippen molar-refractivity contribution in [2.24, 2.45) is 5.73 Å². The molecule has 6 heteroatoms. The van der Waals surface area contributed by atoms with E-state index in [1.54, 1.807) is 0 Å². The lowest BCUT2D eigenvalue weighted by Gasteiger charge is -2.15. The lowest BCUT2D eigenvalue weighted by atomic mass is 10.1. The lowest BCUT2D eigenvalue weighted by Crippen LogP contribution is -2.36. The first kappa shape index (κ1) is 15.1. The molecule has 0 heterocycles. The molecule has 0 bridgehead atoms. The summed E-state index contributed by atoms with van der Waals surface area (Å²) >= 11 is 0. The number of benzene rings is 1. The fourth-order valence-electron chi connectivity index (χ4n) is 1.57. The molecular formula is C13H20N4O2. The monoisotopic (exact) mass is 264 g/mol. The molecule has 0 aromatic heterocycles. The number of hydrogen-bond donors (Lipinski definition) is 3. The quantitative estimate of drug-likeness (QED) is 0.662. The van der Waals surface area contributed by atoms with Crippen LogP contribution in [0.5, 0.6) is 0 Å². The highest BCUT2D eigenvalue weighted by molar-refractivity contribution is 5.95. The molecule has 0 unspecified atom stereocenters. The number of carbonyl (C=O) groups is 2. The van der Waals surface area contributed by atoms with Crippen molar-refractivity contribution in [1.29, 1.82) is 0 Å². The molecule has 0 saturated carbocycles. The van der Waals surface area contributed by atoms with Gasteiger partial charge in [-0.1, -0.05) is 18.2 Å². The predicted molar refractivity (Wildman–Crippen MR) is 74.5 cm³/mol. The third kappa shape index (κ3) is 5.50. The van der Waals surface area contributed by atoms with Crippen molar-refractivity contribution in [3.05, 3.63) is 29.8 Å². The van der Waals surface area contributed by atoms with E-state index in [2.05, 4.69) is 10.6 Å². The third-order valence-electron chi connectivity index (χ3n) is 2.41. The molecule has 0 aliphatic heterocycles. The molecule has 0 saturated heterocycles. The molecule has 4 N–H and O–H groups in total. The van der Waals surface area contributed by atoms with Gasteiger partial charge in [-0.15, -0.1) is 0 Å². The van der Waals surface area contributed by atoms with Crippen LogP contribution in [0.2, 0.25) is 0 Å². The second-order valence-electron chi connectivity index (χ2n) is 4.42. The molecule has 2 amide bonds. The van der Waals surface area contributed by atoms with Crippen LogP contribution in [0.1, 0.15) is 5.56 Å². The largest absolute Gasteiger partial charge is 0.346 e. The summed E-state index contributed by atoms with van der Waals surface area (Å²) in [5.74, 6) is -0.621. The highest BCUT2D eigenvalue weighted by Crippen LogP contribution is 2.15. The summed E-state index contributed by atoms with van der Waals surface area (Å²) < 4.78 is 0. The first-order valence-electron chi connectivity index (χ1n) is 6.02. The average Bonchev–Trinajstić information content (AvgIpc) is 2.37. The van der Waals surface area contributed by atoms with Crippen molar-refractivity contribution in [3.63, 3.8) is 0 Å². The summed E-state index contributed by atoms with van der Waals surface area (Å²) in [5, 5.41) is 5.20. The number of hydrogen-bond acceptors (Lipinski definition) is 4. The van der Waals surface area contributed by atoms with Gasteiger partial charge in [0.2, 0.25) is 11.8 Å². The van der Waals surface area contributed by atoms with Gasteiger partial charge in [0.1, 0.15) is 0 Å². The number of nitrogens with zero attached hydrogens (tertiary/aromatic N) is 1. The van der Waals surface area contributed by atoms with Crippen molar-refractivity contribution < 1.29 is 9.59 Å². The maximum absolute atomic E-state index is 11.7. The van der Waals surface area contributed by atoms with Gasteiger partial charge in [-0.3, -0.25) is 9.59 Å². The van der Waals surface area contributed by atoms with Gasteiger partial charge in [0.05, 0.1) is 13.1 Å². The molecule has 0 fully saturated rings. The number of nitrogens with one attached hydrogen (secondary N) is 2. The van der Waals surface area contributed by atoms with Crippen LogP contribution in [-0.4, -0.2) is 43.9 Å². The molecule has 1 aromatic carbocycles. The standard InChI is InChI=1S/C13H20N4O2/c1-17(2)9-10-5-3-4-6-11(10)16-13(19)8-15-12(18)7-14/h3-6H,7-9,14H2,1-2H3,(H,15,18)(H,16,19). The molecule has 104 valence electrons. The first-order valence-corrected chi connectivity index (χ1v) is 6.02. The number of para-hydroxylation sites is 1. The van der Waals surface area contributed by atoms with E-state index in [9.17, 15) is 9.59 Å². The number of anilines is 1. The Kier molecular flexibility index (Phi) is 5.98. The van der Waals surface area contributed by atoms with Crippen molar-refractivity contribution >= 4 is 17.5 Å². The van der Waals surface area contributed by atoms with E-state index < -0.39 is 0 Å². The number of rotatable bonds is 6. The van der Waals surface area contributed by atoms with Crippen LogP contribution < -0.4 is 16.4 Å². The SMILES string of the molecule is CN(C)Cc1ccccc1NC(=O)CNC(=O)CN. The van der Waals surface area contributed by atoms with E-state index in [1.165, 1.54) is 0 Å². The Morgan fingerprint density at radius 3 is 2.53 bits per heavy atom. The van der Waals surface area contributed by atoms with E-state index in [0.29, 0.717) is 0 Å². The Morgan fingerprint density at radius 2 is 1.89 bits per heavy atom. The Labute approximate surface area is 113 Å². The molecule has 0 atom stereocenters. The molecule has 0 radical (unpaired) electrons. The van der Waals surface area contributed by atoms with E-state index in [0.717, 1.165) is 17.8 Å². The maximum atomic E-state index is 11.7. The fourth-order valence-corrected chi connectivity index (χ4v) is 1.57. The topological polar surface area (TPSA) is 87.5 Å². The molecule has 0 aliphatic rings. The molecule has 1 rings (SSSR count). The van der Waals surface area contributed by atoms with Crippen molar-refractivity contribution in [2.75, 3.05) is 32.5 Å². The number of nitrogens with two attached hydrogens (primary N) is 1. The van der Waals surface area contributed by atoms with Crippen LogP contribution in [0.3, 0.4) is 0 Å². The van der Waals surface area contributed by atoms with Crippen LogP contribution in [0.4, 0.5) is 5.69 Å². The van der Waals surface area contributed by atoms with Crippen LogP contribution in [0, 0.1) is 0 Å². The van der Waals surface area contributed by atoms with Crippen molar-refractivity contribution in [1.82, 2.24) is 10.2 Å². The zero-order chi connectivity index (χ0) is 14.3. The van der Waals surface area contributed by atoms with Crippen molar-refractivity contribution in [2.45, 2.75) is 6.54 Å². The minimum atomic E-state index is -0.350. The van der Waals surface area contributed by atoms with Gasteiger partial charge in [0.25, 0.3) is 0 Å². The van der Waals surface area contributed by atoms with Gasteiger partial charge in [-0.05, 0) is 25.7 Å². The Bertz CT molecular complexity index is 446. The van der Waals surface area contributed by atoms with E-state index >= 15 is 0 Å². The van der Waals surface area contributed by atoms with Gasteiger partial charge in [0.15, 0.2) is 0 Å². The Hall–Kier alpha value is -1.92. The summed E-state index contributed by atoms with van der Waals surface area (Å²) in [5.41, 5.74) is 6.91. The fraction of sp³-hybridized carbons (Fsp3) is 0.385. The molecule has 19 heavy (non-hydrogen) atoms. The Morgan fingerprint density at radius 1 is 1.21 bits per heavy atom. The zero-order valence-corrected chi connectivity index (χ0v) is 11.3. The summed E-state index contributed by atoms with van der Waals surface area (Å²) in [4.78, 5) is 24.7. The molecule has 0 aliphatic carbocycles. The van der Waals surface area contributed by atoms with Crippen LogP contribution in [0.25, 0.3) is 0 Å². The van der Waals surface area contributed by atoms with Crippen molar-refractivity contribution in [3.8, 4) is 0 Å². The molecular weight excluding hydrogens is 244 g/mol. The van der Waals surface area contributed by atoms with Crippen LogP contribution >= 0.6 is 0 Å². The second-order valence-corrected chi connectivity index (χ2v) is 4.42. The van der Waals surface area contributed by atoms with Gasteiger partial charge in [-0.25, -0.2) is 0 Å². The molecule has 6 nitrogen and oxygen atoms in total. The van der Waals surface area contributed by atoms with Gasteiger partial charge < -0.3 is 21.3 Å². The summed E-state index contributed by atoms with van der Waals surface area (Å²) in [6.07, 6.45) is 0. The van der Waals surface area contributed by atoms with Gasteiger partial charge in [-0.2, -0.15) is 0 Å². The maximum Gasteiger partial charge on any atom is 0.243 e. The third-order valence-corrected chi connectivity index (χ3v) is 2.41. The average molecular weight is 264 g/mol. The highest BCUT2D eigenvalue weighted by Gasteiger charge is 2.08. The molecule has 0 spiro atoms. The lowest BCUT2D eigenvalue weighted by molar-refractivity contribution is -0.123. The number of amides is 2. The first-order chi connectivity index (χ1) is 9.02. The summed E-state index contributed by atoms with van der Waals surface area (Å²) in [6, 6.07) is 7.56. The zero-order valence-electron chi connectivity index (χ0n) is 11.3. The van der Waals surface area contributed by atoms with Gasteiger partial charge >= 0.3 is 0 Å². The Balaban J connectivity index is 2.61. The van der Waals surface area contributed by atoms with Crippen LogP contribution in [0.15, 0.2) is 24.3 Å². The summed E-state index contributed by atoms with van der Waals surface area (Å²) in [7, 11) is 3.92. The van der Waals surface area contributed by atoms with Crippen LogP contribution in [-0.2, 0) is 16.1 Å². The second kappa shape index (κ2) is 7.50. The summed E-state index contributed by atoms with van der Waals surface area (Å²) in [6.45, 7) is 0.530. The number of carbonyl (C=O) groups excluding carboxylic acids is 2. The predicted octanol–water partition coefficient (Wildman–Crippen LogP) is -0.238. The van der Waals surface area contributed by atoms with E-state index in [1.807, 2.05) is 43.3 Å². The minimum absolute atomic E-state index is 0.0771. The smallest absolute Gasteiger partial charge is 0.243 e. The highest BCUT2D eigenvalue weighted by atomic mass is 16.2. The normalized spacial score (nSPS) is 10.3. The van der Waals surface area contributed by atoms with E-state index in [4.69, 9.17) is 5.73 Å². The van der Waals surface area contributed by atoms with Gasteiger partial charge in [0, 0.05) is 12.2 Å². The van der Waals surface area contributed by atoms with E-state index in [-0.39, 0.29) is 24.9 Å². The molecule has 1 aromatic rings. The minimum Gasteiger partial charge on any atom is -0.346 e.